The summed E-state index contributed by atoms with van der Waals surface area (Å²) in [6.45, 7) is 6.08. The number of fused-ring (bicyclic) bond motifs is 3. The molecule has 0 fully saturated rings. The van der Waals surface area contributed by atoms with Crippen molar-refractivity contribution in [2.45, 2.75) is 13.0 Å². The van der Waals surface area contributed by atoms with Gasteiger partial charge in [-0.2, -0.15) is 0 Å². The molecule has 0 saturated heterocycles. The van der Waals surface area contributed by atoms with Crippen molar-refractivity contribution < 1.29 is 0 Å². The Kier molecular flexibility index (Phi) is 2.25. The van der Waals surface area contributed by atoms with Gasteiger partial charge in [0, 0.05) is 27.8 Å². The standard InChI is InChI=1S/C16H15N/c1-3-12(2)17-15-10-6-4-8-13(15)14-9-5-7-11-16(14)17/h3-12H,1H2,2H3. The van der Waals surface area contributed by atoms with Crippen molar-refractivity contribution >= 4 is 21.8 Å². The van der Waals surface area contributed by atoms with Gasteiger partial charge in [-0.15, -0.1) is 6.58 Å². The number of benzene rings is 2. The third kappa shape index (κ3) is 1.39. The largest absolute Gasteiger partial charge is 0.334 e. The van der Waals surface area contributed by atoms with Gasteiger partial charge < -0.3 is 4.57 Å². The predicted molar refractivity (Wildman–Crippen MR) is 74.4 cm³/mol. The second-order valence-corrected chi connectivity index (χ2v) is 4.38. The minimum absolute atomic E-state index is 0.305. The zero-order chi connectivity index (χ0) is 11.8. The van der Waals surface area contributed by atoms with Crippen molar-refractivity contribution in [1.29, 1.82) is 0 Å². The third-order valence-electron chi connectivity index (χ3n) is 3.37. The average molecular weight is 221 g/mol. The summed E-state index contributed by atoms with van der Waals surface area (Å²) in [6, 6.07) is 17.4. The molecular formula is C16H15N. The van der Waals surface area contributed by atoms with E-state index in [0.29, 0.717) is 6.04 Å². The van der Waals surface area contributed by atoms with Gasteiger partial charge in [0.2, 0.25) is 0 Å². The summed E-state index contributed by atoms with van der Waals surface area (Å²) in [5, 5.41) is 2.63. The molecule has 1 unspecified atom stereocenters. The van der Waals surface area contributed by atoms with Crippen molar-refractivity contribution in [3.8, 4) is 0 Å². The first-order valence-electron chi connectivity index (χ1n) is 5.93. The van der Waals surface area contributed by atoms with Gasteiger partial charge in [0.05, 0.1) is 0 Å². The molecule has 1 atom stereocenters. The highest BCUT2D eigenvalue weighted by molar-refractivity contribution is 6.08. The molecule has 0 N–H and O–H groups in total. The molecule has 17 heavy (non-hydrogen) atoms. The van der Waals surface area contributed by atoms with Gasteiger partial charge in [-0.25, -0.2) is 0 Å². The van der Waals surface area contributed by atoms with E-state index < -0.39 is 0 Å². The predicted octanol–water partition coefficient (Wildman–Crippen LogP) is 4.54. The lowest BCUT2D eigenvalue weighted by atomic mass is 10.2. The van der Waals surface area contributed by atoms with Crippen LogP contribution in [0.2, 0.25) is 0 Å². The summed E-state index contributed by atoms with van der Waals surface area (Å²) in [6.07, 6.45) is 1.98. The van der Waals surface area contributed by atoms with Crippen LogP contribution in [0, 0.1) is 0 Å². The molecule has 0 amide bonds. The molecule has 3 aromatic rings. The molecule has 0 saturated carbocycles. The van der Waals surface area contributed by atoms with Crippen molar-refractivity contribution in [3.63, 3.8) is 0 Å². The SMILES string of the molecule is C=CC(C)n1c2ccccc2c2ccccc21. The molecule has 0 spiro atoms. The van der Waals surface area contributed by atoms with Crippen LogP contribution < -0.4 is 0 Å². The van der Waals surface area contributed by atoms with Crippen LogP contribution in [0.25, 0.3) is 21.8 Å². The average Bonchev–Trinajstić information content (AvgIpc) is 2.72. The topological polar surface area (TPSA) is 4.93 Å². The van der Waals surface area contributed by atoms with E-state index in [1.807, 2.05) is 6.08 Å². The highest BCUT2D eigenvalue weighted by Crippen LogP contribution is 2.31. The second-order valence-electron chi connectivity index (χ2n) is 4.38. The van der Waals surface area contributed by atoms with E-state index in [0.717, 1.165) is 0 Å². The van der Waals surface area contributed by atoms with Gasteiger partial charge in [-0.1, -0.05) is 42.5 Å². The number of hydrogen-bond donors (Lipinski definition) is 0. The van der Waals surface area contributed by atoms with E-state index in [4.69, 9.17) is 0 Å². The van der Waals surface area contributed by atoms with Crippen LogP contribution in [-0.2, 0) is 0 Å². The molecule has 1 heterocycles. The number of allylic oxidation sites excluding steroid dienone is 1. The summed E-state index contributed by atoms with van der Waals surface area (Å²) in [5.74, 6) is 0. The highest BCUT2D eigenvalue weighted by atomic mass is 15.0. The van der Waals surface area contributed by atoms with E-state index in [-0.39, 0.29) is 0 Å². The number of hydrogen-bond acceptors (Lipinski definition) is 0. The van der Waals surface area contributed by atoms with Crippen LogP contribution in [-0.4, -0.2) is 4.57 Å². The summed E-state index contributed by atoms with van der Waals surface area (Å²) in [5.41, 5.74) is 2.56. The number of rotatable bonds is 2. The van der Waals surface area contributed by atoms with Crippen LogP contribution >= 0.6 is 0 Å². The van der Waals surface area contributed by atoms with Gasteiger partial charge in [0.1, 0.15) is 0 Å². The van der Waals surface area contributed by atoms with Gasteiger partial charge in [-0.05, 0) is 19.1 Å². The monoisotopic (exact) mass is 221 g/mol. The lowest BCUT2D eigenvalue weighted by molar-refractivity contribution is 0.712. The lowest BCUT2D eigenvalue weighted by Gasteiger charge is -2.12. The molecule has 0 radical (unpaired) electrons. The Morgan fingerprint density at radius 1 is 0.941 bits per heavy atom. The molecule has 1 aromatic heterocycles. The fourth-order valence-corrected chi connectivity index (χ4v) is 2.50. The normalized spacial score (nSPS) is 13.0. The Morgan fingerprint density at radius 3 is 1.88 bits per heavy atom. The fraction of sp³-hybridized carbons (Fsp3) is 0.125. The first kappa shape index (κ1) is 10.2. The quantitative estimate of drug-likeness (QED) is 0.560. The molecule has 3 rings (SSSR count). The second kappa shape index (κ2) is 3.77. The van der Waals surface area contributed by atoms with E-state index in [2.05, 4.69) is 66.6 Å². The van der Waals surface area contributed by atoms with Crippen LogP contribution in [0.15, 0.2) is 61.2 Å². The van der Waals surface area contributed by atoms with E-state index >= 15 is 0 Å². The van der Waals surface area contributed by atoms with E-state index in [1.54, 1.807) is 0 Å². The molecule has 1 heteroatoms. The Balaban J connectivity index is 2.54. The van der Waals surface area contributed by atoms with Crippen LogP contribution in [0.3, 0.4) is 0 Å². The Bertz CT molecular complexity index is 638. The van der Waals surface area contributed by atoms with Gasteiger partial charge in [0.25, 0.3) is 0 Å². The van der Waals surface area contributed by atoms with Crippen LogP contribution in [0.4, 0.5) is 0 Å². The molecule has 2 aromatic carbocycles. The molecule has 84 valence electrons. The van der Waals surface area contributed by atoms with Crippen molar-refractivity contribution in [3.05, 3.63) is 61.2 Å². The van der Waals surface area contributed by atoms with Crippen molar-refractivity contribution in [1.82, 2.24) is 4.57 Å². The number of nitrogens with zero attached hydrogens (tertiary/aromatic N) is 1. The fourth-order valence-electron chi connectivity index (χ4n) is 2.50. The summed E-state index contributed by atoms with van der Waals surface area (Å²) >= 11 is 0. The summed E-state index contributed by atoms with van der Waals surface area (Å²) < 4.78 is 2.34. The van der Waals surface area contributed by atoms with Crippen molar-refractivity contribution in [2.24, 2.45) is 0 Å². The Hall–Kier alpha value is -2.02. The molecular weight excluding hydrogens is 206 g/mol. The maximum Gasteiger partial charge on any atom is 0.0496 e. The molecule has 0 aliphatic heterocycles. The lowest BCUT2D eigenvalue weighted by Crippen LogP contribution is -2.00. The summed E-state index contributed by atoms with van der Waals surface area (Å²) in [4.78, 5) is 0. The number of aromatic nitrogens is 1. The maximum atomic E-state index is 3.91. The highest BCUT2D eigenvalue weighted by Gasteiger charge is 2.11. The Labute approximate surface area is 101 Å². The number of para-hydroxylation sites is 2. The maximum absolute atomic E-state index is 3.91. The molecule has 0 aliphatic rings. The molecule has 1 nitrogen and oxygen atoms in total. The minimum Gasteiger partial charge on any atom is -0.334 e. The van der Waals surface area contributed by atoms with Gasteiger partial charge >= 0.3 is 0 Å². The van der Waals surface area contributed by atoms with E-state index in [1.165, 1.54) is 21.8 Å². The smallest absolute Gasteiger partial charge is 0.0496 e. The zero-order valence-electron chi connectivity index (χ0n) is 9.93. The first-order valence-corrected chi connectivity index (χ1v) is 5.93. The minimum atomic E-state index is 0.305. The van der Waals surface area contributed by atoms with Crippen LogP contribution in [0.1, 0.15) is 13.0 Å². The van der Waals surface area contributed by atoms with Crippen molar-refractivity contribution in [2.75, 3.05) is 0 Å². The third-order valence-corrected chi connectivity index (χ3v) is 3.37. The first-order chi connectivity index (χ1) is 8.33. The van der Waals surface area contributed by atoms with Crippen LogP contribution in [0.5, 0.6) is 0 Å². The molecule has 0 aliphatic carbocycles. The summed E-state index contributed by atoms with van der Waals surface area (Å²) in [7, 11) is 0. The molecule has 0 bridgehead atoms. The zero-order valence-corrected chi connectivity index (χ0v) is 9.93. The van der Waals surface area contributed by atoms with E-state index in [9.17, 15) is 0 Å². The Morgan fingerprint density at radius 2 is 1.41 bits per heavy atom. The van der Waals surface area contributed by atoms with Gasteiger partial charge in [-0.3, -0.25) is 0 Å². The van der Waals surface area contributed by atoms with Gasteiger partial charge in [0.15, 0.2) is 0 Å².